The summed E-state index contributed by atoms with van der Waals surface area (Å²) >= 11 is 1.84. The molecular formula is C15H20N2OS. The normalized spacial score (nSPS) is 31.0. The van der Waals surface area contributed by atoms with Gasteiger partial charge in [-0.2, -0.15) is 0 Å². The van der Waals surface area contributed by atoms with Gasteiger partial charge in [0.05, 0.1) is 12.1 Å². The lowest BCUT2D eigenvalue weighted by Gasteiger charge is -2.28. The van der Waals surface area contributed by atoms with Crippen LogP contribution in [0.5, 0.6) is 0 Å². The Hall–Kier alpha value is -1.00. The smallest absolute Gasteiger partial charge is 0.157 e. The minimum atomic E-state index is 0.311. The van der Waals surface area contributed by atoms with Crippen LogP contribution < -0.4 is 5.32 Å². The van der Waals surface area contributed by atoms with Crippen LogP contribution in [0.15, 0.2) is 35.3 Å². The van der Waals surface area contributed by atoms with Gasteiger partial charge >= 0.3 is 0 Å². The van der Waals surface area contributed by atoms with E-state index in [9.17, 15) is 0 Å². The minimum Gasteiger partial charge on any atom is -0.378 e. The Labute approximate surface area is 118 Å². The zero-order valence-electron chi connectivity index (χ0n) is 11.2. The van der Waals surface area contributed by atoms with Crippen molar-refractivity contribution >= 4 is 16.9 Å². The summed E-state index contributed by atoms with van der Waals surface area (Å²) in [5, 5.41) is 4.69. The van der Waals surface area contributed by atoms with E-state index in [0.29, 0.717) is 18.2 Å². The maximum atomic E-state index is 5.58. The number of aliphatic imine (C=N–C) groups is 1. The molecule has 3 nitrogen and oxygen atoms in total. The van der Waals surface area contributed by atoms with Gasteiger partial charge in [-0.05, 0) is 25.3 Å². The molecule has 0 radical (unpaired) electrons. The van der Waals surface area contributed by atoms with Crippen molar-refractivity contribution in [3.05, 3.63) is 35.9 Å². The molecule has 0 spiro atoms. The van der Waals surface area contributed by atoms with Gasteiger partial charge < -0.3 is 10.1 Å². The first-order valence-corrected chi connectivity index (χ1v) is 7.93. The van der Waals surface area contributed by atoms with E-state index in [-0.39, 0.29) is 0 Å². The molecule has 3 atom stereocenters. The molecule has 4 heteroatoms. The Morgan fingerprint density at radius 2 is 2.16 bits per heavy atom. The molecule has 0 amide bonds. The van der Waals surface area contributed by atoms with Crippen molar-refractivity contribution in [2.75, 3.05) is 12.4 Å². The van der Waals surface area contributed by atoms with E-state index < -0.39 is 0 Å². The third-order valence-electron chi connectivity index (χ3n) is 3.65. The molecule has 1 fully saturated rings. The average molecular weight is 276 g/mol. The molecule has 0 aromatic heterocycles. The van der Waals surface area contributed by atoms with E-state index in [0.717, 1.165) is 30.4 Å². The molecule has 0 aliphatic carbocycles. The molecule has 1 aromatic rings. The summed E-state index contributed by atoms with van der Waals surface area (Å²) in [7, 11) is 0. The van der Waals surface area contributed by atoms with Gasteiger partial charge in [0, 0.05) is 18.4 Å². The molecule has 1 aromatic carbocycles. The maximum Gasteiger partial charge on any atom is 0.157 e. The molecule has 19 heavy (non-hydrogen) atoms. The van der Waals surface area contributed by atoms with Crippen molar-refractivity contribution in [1.82, 2.24) is 5.32 Å². The van der Waals surface area contributed by atoms with E-state index in [1.807, 2.05) is 11.8 Å². The van der Waals surface area contributed by atoms with Crippen LogP contribution in [-0.2, 0) is 4.74 Å². The standard InChI is InChI=1S/C15H20N2OS/c1-11-9-13(7-8-18-11)16-15-17-14(10-19-15)12-5-3-2-4-6-12/h2-6,11,13-14H,7-10H2,1H3,(H,16,17). The predicted octanol–water partition coefficient (Wildman–Crippen LogP) is 2.99. The Balaban J connectivity index is 1.60. The molecule has 1 N–H and O–H groups in total. The number of rotatable bonds is 2. The van der Waals surface area contributed by atoms with Gasteiger partial charge in [-0.3, -0.25) is 4.99 Å². The average Bonchev–Trinajstić information content (AvgIpc) is 2.88. The van der Waals surface area contributed by atoms with Crippen molar-refractivity contribution < 1.29 is 4.74 Å². The van der Waals surface area contributed by atoms with Crippen LogP contribution >= 0.6 is 11.8 Å². The van der Waals surface area contributed by atoms with Gasteiger partial charge in [0.2, 0.25) is 0 Å². The Bertz CT molecular complexity index is 449. The van der Waals surface area contributed by atoms with Gasteiger partial charge in [-0.1, -0.05) is 42.1 Å². The first kappa shape index (κ1) is 13.0. The van der Waals surface area contributed by atoms with Crippen molar-refractivity contribution in [3.63, 3.8) is 0 Å². The second-order valence-electron chi connectivity index (χ2n) is 5.22. The van der Waals surface area contributed by atoms with Gasteiger partial charge in [0.25, 0.3) is 0 Å². The van der Waals surface area contributed by atoms with Crippen molar-refractivity contribution in [2.24, 2.45) is 4.99 Å². The molecule has 2 heterocycles. The van der Waals surface area contributed by atoms with Gasteiger partial charge in [-0.25, -0.2) is 0 Å². The van der Waals surface area contributed by atoms with Crippen LogP contribution in [0.4, 0.5) is 0 Å². The zero-order valence-corrected chi connectivity index (χ0v) is 12.0. The number of nitrogens with zero attached hydrogens (tertiary/aromatic N) is 1. The summed E-state index contributed by atoms with van der Waals surface area (Å²) in [5.74, 6) is 1.05. The lowest BCUT2D eigenvalue weighted by molar-refractivity contribution is 0.0168. The van der Waals surface area contributed by atoms with E-state index in [2.05, 4.69) is 42.6 Å². The fraction of sp³-hybridized carbons (Fsp3) is 0.533. The van der Waals surface area contributed by atoms with Crippen LogP contribution in [0, 0.1) is 0 Å². The summed E-state index contributed by atoms with van der Waals surface area (Å²) in [6.07, 6.45) is 2.53. The summed E-state index contributed by atoms with van der Waals surface area (Å²) < 4.78 is 5.58. The minimum absolute atomic E-state index is 0.311. The molecule has 1 saturated heterocycles. The number of amidine groups is 1. The van der Waals surface area contributed by atoms with Gasteiger partial charge in [0.1, 0.15) is 0 Å². The third-order valence-corrected chi connectivity index (χ3v) is 4.63. The second-order valence-corrected chi connectivity index (χ2v) is 6.23. The van der Waals surface area contributed by atoms with Crippen LogP contribution in [0.2, 0.25) is 0 Å². The molecule has 3 rings (SSSR count). The molecule has 0 bridgehead atoms. The summed E-state index contributed by atoms with van der Waals surface area (Å²) in [6.45, 7) is 3.00. The molecule has 102 valence electrons. The number of benzene rings is 1. The molecule has 2 aliphatic heterocycles. The predicted molar refractivity (Wildman–Crippen MR) is 80.6 cm³/mol. The van der Waals surface area contributed by atoms with E-state index in [1.165, 1.54) is 5.56 Å². The number of hydrogen-bond donors (Lipinski definition) is 1. The Morgan fingerprint density at radius 3 is 2.95 bits per heavy atom. The molecular weight excluding hydrogens is 256 g/mol. The lowest BCUT2D eigenvalue weighted by Crippen LogP contribution is -2.39. The Kier molecular flexibility index (Phi) is 4.09. The van der Waals surface area contributed by atoms with Crippen LogP contribution in [-0.4, -0.2) is 29.7 Å². The molecule has 0 saturated carbocycles. The monoisotopic (exact) mass is 276 g/mol. The van der Waals surface area contributed by atoms with E-state index >= 15 is 0 Å². The van der Waals surface area contributed by atoms with Gasteiger partial charge in [-0.15, -0.1) is 0 Å². The quantitative estimate of drug-likeness (QED) is 0.901. The van der Waals surface area contributed by atoms with Crippen LogP contribution in [0.25, 0.3) is 0 Å². The highest BCUT2D eigenvalue weighted by Crippen LogP contribution is 2.30. The van der Waals surface area contributed by atoms with Crippen molar-refractivity contribution in [1.29, 1.82) is 0 Å². The fourth-order valence-corrected chi connectivity index (χ4v) is 3.64. The van der Waals surface area contributed by atoms with Crippen LogP contribution in [0.1, 0.15) is 31.4 Å². The first-order valence-electron chi connectivity index (χ1n) is 6.95. The maximum absolute atomic E-state index is 5.58. The highest BCUT2D eigenvalue weighted by atomic mass is 32.2. The lowest BCUT2D eigenvalue weighted by atomic mass is 10.1. The topological polar surface area (TPSA) is 33.6 Å². The molecule has 2 aliphatic rings. The summed E-state index contributed by atoms with van der Waals surface area (Å²) in [5.41, 5.74) is 1.31. The van der Waals surface area contributed by atoms with Crippen LogP contribution in [0.3, 0.4) is 0 Å². The highest BCUT2D eigenvalue weighted by molar-refractivity contribution is 8.14. The number of nitrogens with one attached hydrogen (secondary N) is 1. The SMILES string of the molecule is CC1CC(NC2=NC(c3ccccc3)CS2)CCO1. The summed E-state index contributed by atoms with van der Waals surface area (Å²) in [4.78, 5) is 4.81. The van der Waals surface area contributed by atoms with Crippen molar-refractivity contribution in [2.45, 2.75) is 38.0 Å². The zero-order chi connectivity index (χ0) is 13.1. The molecule has 3 unspecified atom stereocenters. The van der Waals surface area contributed by atoms with Gasteiger partial charge in [0.15, 0.2) is 5.17 Å². The number of thioether (sulfide) groups is 1. The number of hydrogen-bond acceptors (Lipinski definition) is 4. The van der Waals surface area contributed by atoms with E-state index in [1.54, 1.807) is 0 Å². The highest BCUT2D eigenvalue weighted by Gasteiger charge is 2.24. The Morgan fingerprint density at radius 1 is 1.32 bits per heavy atom. The first-order chi connectivity index (χ1) is 9.31. The summed E-state index contributed by atoms with van der Waals surface area (Å²) in [6, 6.07) is 11.4. The second kappa shape index (κ2) is 5.97. The van der Waals surface area contributed by atoms with E-state index in [4.69, 9.17) is 9.73 Å². The largest absolute Gasteiger partial charge is 0.378 e. The third kappa shape index (κ3) is 3.31. The number of ether oxygens (including phenoxy) is 1. The van der Waals surface area contributed by atoms with Crippen molar-refractivity contribution in [3.8, 4) is 0 Å². The fourth-order valence-electron chi connectivity index (χ4n) is 2.60.